The lowest BCUT2D eigenvalue weighted by Gasteiger charge is -2.22. The van der Waals surface area contributed by atoms with Gasteiger partial charge in [0.05, 0.1) is 6.61 Å². The van der Waals surface area contributed by atoms with E-state index in [0.29, 0.717) is 11.3 Å². The molecule has 1 amide bonds. The van der Waals surface area contributed by atoms with E-state index in [9.17, 15) is 19.2 Å². The minimum atomic E-state index is -1.79. The predicted octanol–water partition coefficient (Wildman–Crippen LogP) is 2.15. The maximum Gasteiger partial charge on any atom is 0.407 e. The molecule has 0 aromatic rings. The molecule has 0 unspecified atom stereocenters. The first-order valence-electron chi connectivity index (χ1n) is 14.1. The van der Waals surface area contributed by atoms with Crippen LogP contribution in [-0.4, -0.2) is 120 Å². The molecular weight excluding hydrogens is 562 g/mol. The number of carbonyl (C=O) groups is 4. The number of likely N-dealkylation sites (N-methyl/N-ethyl adjacent to an activating group) is 1. The third-order valence-electron chi connectivity index (χ3n) is 6.14. The van der Waals surface area contributed by atoms with Crippen molar-refractivity contribution in [2.24, 2.45) is 0 Å². The Hall–Kier alpha value is -1.97. The zero-order valence-electron chi connectivity index (χ0n) is 24.4. The maximum absolute atomic E-state index is 10.3. The summed E-state index contributed by atoms with van der Waals surface area (Å²) in [5, 5.41) is 68.8. The van der Waals surface area contributed by atoms with Gasteiger partial charge >= 0.3 is 18.0 Å². The van der Waals surface area contributed by atoms with E-state index in [1.54, 1.807) is 0 Å². The van der Waals surface area contributed by atoms with E-state index in [-0.39, 0.29) is 12.0 Å². The zero-order chi connectivity index (χ0) is 32.2. The van der Waals surface area contributed by atoms with Gasteiger partial charge in [-0.05, 0) is 6.42 Å². The monoisotopic (exact) mass is 615 g/mol. The Labute approximate surface area is 248 Å². The Morgan fingerprint density at radius 2 is 1.17 bits per heavy atom. The zero-order valence-corrected chi connectivity index (χ0v) is 25.3. The van der Waals surface area contributed by atoms with Crippen molar-refractivity contribution < 1.29 is 60.0 Å². The molecule has 0 aliphatic heterocycles. The summed E-state index contributed by atoms with van der Waals surface area (Å²) >= 11 is 3.70. The predicted molar refractivity (Wildman–Crippen MR) is 156 cm³/mol. The number of rotatable bonds is 22. The van der Waals surface area contributed by atoms with Gasteiger partial charge in [-0.15, -0.1) is 0 Å². The van der Waals surface area contributed by atoms with Gasteiger partial charge in [0.15, 0.2) is 6.29 Å². The van der Waals surface area contributed by atoms with Crippen molar-refractivity contribution in [2.45, 2.75) is 127 Å². The van der Waals surface area contributed by atoms with E-state index in [1.807, 2.05) is 0 Å². The molecule has 0 aromatic carbocycles. The van der Waals surface area contributed by atoms with Gasteiger partial charge in [-0.1, -0.05) is 84.0 Å². The molecule has 14 heteroatoms. The summed E-state index contributed by atoms with van der Waals surface area (Å²) < 4.78 is 0. The molecule has 0 rings (SSSR count). The van der Waals surface area contributed by atoms with Crippen molar-refractivity contribution in [3.05, 3.63) is 0 Å². The highest BCUT2D eigenvalue weighted by atomic mass is 32.1. The molecule has 5 atom stereocenters. The van der Waals surface area contributed by atoms with Crippen LogP contribution in [0.3, 0.4) is 0 Å². The van der Waals surface area contributed by atoms with Crippen molar-refractivity contribution in [3.63, 3.8) is 0 Å². The second kappa shape index (κ2) is 29.5. The summed E-state index contributed by atoms with van der Waals surface area (Å²) in [7, 11) is 1.19. The molecule has 41 heavy (non-hydrogen) atoms. The lowest BCUT2D eigenvalue weighted by Crippen LogP contribution is -2.46. The third kappa shape index (κ3) is 26.7. The highest BCUT2D eigenvalue weighted by Crippen LogP contribution is 2.13. The van der Waals surface area contributed by atoms with Crippen LogP contribution in [0.15, 0.2) is 0 Å². The summed E-state index contributed by atoms with van der Waals surface area (Å²) in [5.41, 5.74) is 0. The highest BCUT2D eigenvalue weighted by Gasteiger charge is 2.29. The Morgan fingerprint density at radius 1 is 0.756 bits per heavy atom. The average Bonchev–Trinajstić information content (AvgIpc) is 2.94. The molecule has 0 aliphatic carbocycles. The van der Waals surface area contributed by atoms with Crippen molar-refractivity contribution in [3.8, 4) is 0 Å². The van der Waals surface area contributed by atoms with E-state index in [2.05, 4.69) is 19.6 Å². The van der Waals surface area contributed by atoms with Crippen LogP contribution in [0.2, 0.25) is 0 Å². The fourth-order valence-corrected chi connectivity index (χ4v) is 3.81. The molecule has 0 radical (unpaired) electrons. The number of aldehydes is 1. The van der Waals surface area contributed by atoms with E-state index < -0.39 is 55.1 Å². The topological polar surface area (TPSA) is 233 Å². The molecule has 8 N–H and O–H groups in total. The lowest BCUT2D eigenvalue weighted by molar-refractivity contribution is -0.141. The molecule has 0 saturated carbocycles. The third-order valence-corrected chi connectivity index (χ3v) is 6.49. The van der Waals surface area contributed by atoms with Gasteiger partial charge in [0.2, 0.25) is 0 Å². The van der Waals surface area contributed by atoms with E-state index in [0.717, 1.165) is 12.8 Å². The molecule has 0 spiro atoms. The van der Waals surface area contributed by atoms with E-state index >= 15 is 0 Å². The molecule has 0 aliphatic rings. The number of amides is 1. The Morgan fingerprint density at radius 3 is 1.44 bits per heavy atom. The Kier molecular flexibility index (Phi) is 31.3. The Balaban J connectivity index is -0.000000552. The van der Waals surface area contributed by atoms with Crippen molar-refractivity contribution in [1.29, 1.82) is 0 Å². The van der Waals surface area contributed by atoms with Gasteiger partial charge in [0.1, 0.15) is 30.5 Å². The second-order valence-electron chi connectivity index (χ2n) is 9.67. The largest absolute Gasteiger partial charge is 0.481 e. The summed E-state index contributed by atoms with van der Waals surface area (Å²) in [4.78, 5) is 41.5. The van der Waals surface area contributed by atoms with Crippen molar-refractivity contribution in [2.75, 3.05) is 19.4 Å². The number of unbranched alkanes of at least 4 members (excludes halogenated alkanes) is 12. The number of carbonyl (C=O) groups excluding carboxylic acids is 1. The SMILES string of the molecule is CCCCCCCCCCCCCCCC(=O)O.CN(C(=O)O)[C@H](CS)C(=O)O.O=C[C@H](O)[C@@H](O)[C@H](O)[C@H](O)CO. The standard InChI is InChI=1S/C16H32O2.C6H12O6.C5H9NO4S/c1-2-3-4-5-6-7-8-9-10-11-12-13-14-15-16(17)18;7-1-3(9)5(11)6(12)4(10)2-8;1-6(5(9)10)3(2-11)4(7)8/h2-15H2,1H3,(H,17,18);1,3-6,8-12H,2H2;3,11H,2H2,1H3,(H,7,8)(H,9,10)/t;3-,4+,5+,6+;3-/m.01/s1. The van der Waals surface area contributed by atoms with Crippen LogP contribution in [-0.2, 0) is 14.4 Å². The summed E-state index contributed by atoms with van der Waals surface area (Å²) in [6, 6.07) is -1.07. The van der Waals surface area contributed by atoms with Crippen LogP contribution in [0.25, 0.3) is 0 Å². The van der Waals surface area contributed by atoms with Gasteiger partial charge in [-0.3, -0.25) is 9.69 Å². The number of thiol groups is 1. The van der Waals surface area contributed by atoms with Gasteiger partial charge < -0.3 is 45.6 Å². The van der Waals surface area contributed by atoms with Crippen LogP contribution in [0.1, 0.15) is 96.8 Å². The number of aliphatic hydroxyl groups is 5. The van der Waals surface area contributed by atoms with Crippen LogP contribution in [0, 0.1) is 0 Å². The van der Waals surface area contributed by atoms with Gasteiger partial charge in [-0.2, -0.15) is 12.6 Å². The summed E-state index contributed by atoms with van der Waals surface area (Å²) in [6.45, 7) is 1.50. The first-order chi connectivity index (χ1) is 19.3. The number of hydrogen-bond acceptors (Lipinski definition) is 10. The molecule has 0 heterocycles. The fraction of sp³-hybridized carbons (Fsp3) is 0.852. The quantitative estimate of drug-likeness (QED) is 0.0484. The molecule has 13 nitrogen and oxygen atoms in total. The van der Waals surface area contributed by atoms with E-state index in [4.69, 9.17) is 40.9 Å². The molecular formula is C27H53NO12S. The van der Waals surface area contributed by atoms with E-state index in [1.165, 1.54) is 77.7 Å². The number of carboxylic acid groups (broad SMARTS) is 3. The number of carboxylic acids is 2. The van der Waals surface area contributed by atoms with Gasteiger partial charge in [0, 0.05) is 19.2 Å². The van der Waals surface area contributed by atoms with Crippen molar-refractivity contribution >= 4 is 36.9 Å². The van der Waals surface area contributed by atoms with Crippen LogP contribution in [0.5, 0.6) is 0 Å². The Bertz CT molecular complexity index is 670. The molecule has 244 valence electrons. The van der Waals surface area contributed by atoms with Gasteiger partial charge in [0.25, 0.3) is 0 Å². The second-order valence-corrected chi connectivity index (χ2v) is 10.0. The minimum Gasteiger partial charge on any atom is -0.481 e. The fourth-order valence-electron chi connectivity index (χ4n) is 3.41. The molecule has 0 aromatic heterocycles. The highest BCUT2D eigenvalue weighted by molar-refractivity contribution is 7.80. The van der Waals surface area contributed by atoms with Crippen LogP contribution in [0.4, 0.5) is 4.79 Å². The smallest absolute Gasteiger partial charge is 0.407 e. The normalized spacial score (nSPS) is 14.1. The lowest BCUT2D eigenvalue weighted by atomic mass is 10.0. The minimum absolute atomic E-state index is 0.0258. The number of aliphatic carboxylic acids is 2. The summed E-state index contributed by atoms with van der Waals surface area (Å²) in [6.07, 6.45) is 9.16. The van der Waals surface area contributed by atoms with Crippen LogP contribution < -0.4 is 0 Å². The molecule has 0 bridgehead atoms. The van der Waals surface area contributed by atoms with Gasteiger partial charge in [-0.25, -0.2) is 9.59 Å². The van der Waals surface area contributed by atoms with Crippen molar-refractivity contribution in [1.82, 2.24) is 4.90 Å². The number of nitrogens with zero attached hydrogens (tertiary/aromatic N) is 1. The first-order valence-corrected chi connectivity index (χ1v) is 14.7. The summed E-state index contributed by atoms with van der Waals surface area (Å²) in [5.74, 6) is -1.87. The molecule has 0 fully saturated rings. The number of aliphatic hydroxyl groups excluding tert-OH is 5. The average molecular weight is 616 g/mol. The van der Waals surface area contributed by atoms with Crippen LogP contribution >= 0.6 is 12.6 Å². The first kappa shape index (κ1) is 43.5. The number of hydrogen-bond donors (Lipinski definition) is 9. The molecule has 0 saturated heterocycles. The maximum atomic E-state index is 10.3.